The summed E-state index contributed by atoms with van der Waals surface area (Å²) >= 11 is 0. The van der Waals surface area contributed by atoms with Gasteiger partial charge >= 0.3 is 0 Å². The predicted molar refractivity (Wildman–Crippen MR) is 121 cm³/mol. The molecule has 0 aliphatic rings. The van der Waals surface area contributed by atoms with Gasteiger partial charge in [0.25, 0.3) is 0 Å². The molecule has 0 spiro atoms. The lowest BCUT2D eigenvalue weighted by Gasteiger charge is -2.10. The molecular weight excluding hydrogens is 390 g/mol. The van der Waals surface area contributed by atoms with Crippen LogP contribution in [0, 0.1) is 0 Å². The van der Waals surface area contributed by atoms with E-state index < -0.39 is 0 Å². The highest BCUT2D eigenvalue weighted by molar-refractivity contribution is 5.91. The van der Waals surface area contributed by atoms with Gasteiger partial charge in [0.2, 0.25) is 11.8 Å². The van der Waals surface area contributed by atoms with Crippen LogP contribution >= 0.6 is 0 Å². The van der Waals surface area contributed by atoms with E-state index in [-0.39, 0.29) is 11.3 Å². The Morgan fingerprint density at radius 2 is 1.81 bits per heavy atom. The summed E-state index contributed by atoms with van der Waals surface area (Å²) in [6, 6.07) is 15.8. The van der Waals surface area contributed by atoms with Crippen molar-refractivity contribution >= 4 is 22.6 Å². The fourth-order valence-corrected chi connectivity index (χ4v) is 3.39. The van der Waals surface area contributed by atoms with Crippen molar-refractivity contribution in [3.8, 4) is 11.4 Å². The van der Waals surface area contributed by atoms with Crippen molar-refractivity contribution in [3.63, 3.8) is 0 Å². The average molecular weight is 418 g/mol. The first kappa shape index (κ1) is 20.8. The van der Waals surface area contributed by atoms with Crippen molar-refractivity contribution in [1.29, 1.82) is 0 Å². The molecule has 1 amide bonds. The molecule has 0 aliphatic heterocycles. The minimum atomic E-state index is -0.146. The Morgan fingerprint density at radius 3 is 2.48 bits per heavy atom. The monoisotopic (exact) mass is 417 g/mol. The van der Waals surface area contributed by atoms with Crippen molar-refractivity contribution in [2.24, 2.45) is 7.05 Å². The molecule has 0 radical (unpaired) electrons. The summed E-state index contributed by atoms with van der Waals surface area (Å²) in [4.78, 5) is 21.4. The fourth-order valence-electron chi connectivity index (χ4n) is 3.39. The number of benzene rings is 2. The van der Waals surface area contributed by atoms with Gasteiger partial charge in [0.1, 0.15) is 5.82 Å². The van der Waals surface area contributed by atoms with Crippen molar-refractivity contribution < 1.29 is 9.32 Å². The molecule has 0 bridgehead atoms. The largest absolute Gasteiger partial charge is 0.339 e. The molecule has 7 nitrogen and oxygen atoms in total. The van der Waals surface area contributed by atoms with Gasteiger partial charge < -0.3 is 14.4 Å². The first-order chi connectivity index (χ1) is 14.8. The molecular formula is C24H27N5O2. The maximum absolute atomic E-state index is 12.3. The van der Waals surface area contributed by atoms with Crippen LogP contribution in [0.5, 0.6) is 0 Å². The Bertz CT molecular complexity index is 1200. The molecule has 2 aromatic carbocycles. The van der Waals surface area contributed by atoms with Crippen molar-refractivity contribution in [1.82, 2.24) is 19.7 Å². The third-order valence-electron chi connectivity index (χ3n) is 5.15. The molecule has 31 heavy (non-hydrogen) atoms. The number of hydrogen-bond acceptors (Lipinski definition) is 5. The summed E-state index contributed by atoms with van der Waals surface area (Å²) in [6.45, 7) is 6.11. The Hall–Kier alpha value is -3.48. The standard InChI is InChI=1S/C24H27N5O2/c1-24(2,3)23-27-21(31-28-23)11-7-10-20(30)25-17-14-12-16(13-15-17)22-26-18-8-5-6-9-19(18)29(22)4/h5-6,8-9,12-15H,7,10-11H2,1-4H3,(H,25,30). The summed E-state index contributed by atoms with van der Waals surface area (Å²) in [7, 11) is 2.01. The summed E-state index contributed by atoms with van der Waals surface area (Å²) in [5.41, 5.74) is 3.68. The van der Waals surface area contributed by atoms with Crippen LogP contribution in [0.3, 0.4) is 0 Å². The van der Waals surface area contributed by atoms with E-state index in [1.54, 1.807) is 0 Å². The third-order valence-corrected chi connectivity index (χ3v) is 5.15. The number of nitrogens with one attached hydrogen (secondary N) is 1. The number of aryl methyl sites for hydroxylation is 2. The quantitative estimate of drug-likeness (QED) is 0.483. The Labute approximate surface area is 181 Å². The topological polar surface area (TPSA) is 85.8 Å². The van der Waals surface area contributed by atoms with E-state index in [1.165, 1.54) is 0 Å². The van der Waals surface area contributed by atoms with E-state index in [1.807, 2.05) is 70.3 Å². The van der Waals surface area contributed by atoms with Crippen LogP contribution in [0.25, 0.3) is 22.4 Å². The molecule has 0 saturated heterocycles. The van der Waals surface area contributed by atoms with E-state index >= 15 is 0 Å². The number of para-hydroxylation sites is 2. The zero-order valence-corrected chi connectivity index (χ0v) is 18.3. The number of fused-ring (bicyclic) bond motifs is 1. The molecule has 2 heterocycles. The van der Waals surface area contributed by atoms with Crippen molar-refractivity contribution in [2.45, 2.75) is 45.4 Å². The van der Waals surface area contributed by atoms with Crippen LogP contribution in [0.2, 0.25) is 0 Å². The second-order valence-corrected chi connectivity index (χ2v) is 8.72. The second kappa shape index (κ2) is 8.34. The van der Waals surface area contributed by atoms with Gasteiger partial charge in [0, 0.05) is 36.6 Å². The Kier molecular flexibility index (Phi) is 5.59. The molecule has 4 aromatic rings. The zero-order chi connectivity index (χ0) is 22.0. The fraction of sp³-hybridized carbons (Fsp3) is 0.333. The van der Waals surface area contributed by atoms with Gasteiger partial charge in [-0.05, 0) is 42.8 Å². The van der Waals surface area contributed by atoms with Crippen LogP contribution in [0.1, 0.15) is 45.3 Å². The Balaban J connectivity index is 1.33. The number of imidazole rings is 1. The average Bonchev–Trinajstić information content (AvgIpc) is 3.34. The van der Waals surface area contributed by atoms with E-state index in [2.05, 4.69) is 26.1 Å². The van der Waals surface area contributed by atoms with Crippen molar-refractivity contribution in [3.05, 3.63) is 60.2 Å². The van der Waals surface area contributed by atoms with Gasteiger partial charge in [-0.2, -0.15) is 4.98 Å². The molecule has 160 valence electrons. The summed E-state index contributed by atoms with van der Waals surface area (Å²) in [6.07, 6.45) is 1.62. The molecule has 1 N–H and O–H groups in total. The molecule has 4 rings (SSSR count). The lowest BCUT2D eigenvalue weighted by molar-refractivity contribution is -0.116. The van der Waals surface area contributed by atoms with Crippen LogP contribution in [-0.4, -0.2) is 25.6 Å². The highest BCUT2D eigenvalue weighted by atomic mass is 16.5. The molecule has 2 aromatic heterocycles. The number of rotatable bonds is 6. The highest BCUT2D eigenvalue weighted by Crippen LogP contribution is 2.25. The van der Waals surface area contributed by atoms with Gasteiger partial charge in [0.05, 0.1) is 11.0 Å². The van der Waals surface area contributed by atoms with E-state index in [0.29, 0.717) is 31.0 Å². The van der Waals surface area contributed by atoms with Gasteiger partial charge in [0.15, 0.2) is 5.82 Å². The summed E-state index contributed by atoms with van der Waals surface area (Å²) < 4.78 is 7.35. The smallest absolute Gasteiger partial charge is 0.226 e. The number of aromatic nitrogens is 4. The normalized spacial score (nSPS) is 11.7. The lowest BCUT2D eigenvalue weighted by Crippen LogP contribution is -2.13. The van der Waals surface area contributed by atoms with E-state index in [9.17, 15) is 4.79 Å². The van der Waals surface area contributed by atoms with Crippen LogP contribution in [0.4, 0.5) is 5.69 Å². The molecule has 0 atom stereocenters. The maximum Gasteiger partial charge on any atom is 0.226 e. The molecule has 0 unspecified atom stereocenters. The van der Waals surface area contributed by atoms with Gasteiger partial charge in [-0.1, -0.05) is 38.1 Å². The minimum Gasteiger partial charge on any atom is -0.339 e. The number of anilines is 1. The number of nitrogens with zero attached hydrogens (tertiary/aromatic N) is 4. The number of carbonyl (C=O) groups is 1. The maximum atomic E-state index is 12.3. The van der Waals surface area contributed by atoms with Gasteiger partial charge in [-0.15, -0.1) is 0 Å². The second-order valence-electron chi connectivity index (χ2n) is 8.72. The van der Waals surface area contributed by atoms with Crippen molar-refractivity contribution in [2.75, 3.05) is 5.32 Å². The first-order valence-electron chi connectivity index (χ1n) is 10.5. The molecule has 0 aliphatic carbocycles. The summed E-state index contributed by atoms with van der Waals surface area (Å²) in [5.74, 6) is 2.12. The third kappa shape index (κ3) is 4.66. The van der Waals surface area contributed by atoms with E-state index in [0.717, 1.165) is 28.1 Å². The molecule has 0 fully saturated rings. The SMILES string of the molecule is Cn1c(-c2ccc(NC(=O)CCCc3nc(C(C)(C)C)no3)cc2)nc2ccccc21. The Morgan fingerprint density at radius 1 is 1.06 bits per heavy atom. The summed E-state index contributed by atoms with van der Waals surface area (Å²) in [5, 5.41) is 6.96. The number of carbonyl (C=O) groups excluding carboxylic acids is 1. The molecule has 0 saturated carbocycles. The minimum absolute atomic E-state index is 0.0361. The number of hydrogen-bond donors (Lipinski definition) is 1. The highest BCUT2D eigenvalue weighted by Gasteiger charge is 2.20. The van der Waals surface area contributed by atoms with Gasteiger partial charge in [-0.3, -0.25) is 4.79 Å². The van der Waals surface area contributed by atoms with Crippen LogP contribution in [-0.2, 0) is 23.7 Å². The molecule has 7 heteroatoms. The predicted octanol–water partition coefficient (Wildman–Crippen LogP) is 4.88. The van der Waals surface area contributed by atoms with Crippen LogP contribution in [0.15, 0.2) is 53.1 Å². The first-order valence-corrected chi connectivity index (χ1v) is 10.5. The van der Waals surface area contributed by atoms with Crippen LogP contribution < -0.4 is 5.32 Å². The van der Waals surface area contributed by atoms with Gasteiger partial charge in [-0.25, -0.2) is 4.98 Å². The van der Waals surface area contributed by atoms with E-state index in [4.69, 9.17) is 9.51 Å². The number of amides is 1. The lowest BCUT2D eigenvalue weighted by atomic mass is 9.96. The zero-order valence-electron chi connectivity index (χ0n) is 18.3.